The number of halogens is 3. The van der Waals surface area contributed by atoms with E-state index >= 15 is 0 Å². The molecule has 0 fully saturated rings. The number of carbonyl (C=O) groups excluding carboxylic acids is 1. The molecular formula is C18H23Cl2FN6O2. The summed E-state index contributed by atoms with van der Waals surface area (Å²) in [6.07, 6.45) is 1.04. The molecular weight excluding hydrogens is 422 g/mol. The Hall–Kier alpha value is -2.20. The van der Waals surface area contributed by atoms with Gasteiger partial charge in [-0.25, -0.2) is 9.37 Å². The average Bonchev–Trinajstić information content (AvgIpc) is 3.16. The Balaban J connectivity index is 0.00000150. The zero-order valence-electron chi connectivity index (χ0n) is 15.6. The molecule has 11 heteroatoms. The summed E-state index contributed by atoms with van der Waals surface area (Å²) >= 11 is 0. The van der Waals surface area contributed by atoms with E-state index in [1.54, 1.807) is 6.07 Å². The predicted molar refractivity (Wildman–Crippen MR) is 111 cm³/mol. The summed E-state index contributed by atoms with van der Waals surface area (Å²) in [6.45, 7) is 3.11. The first-order chi connectivity index (χ1) is 13.2. The van der Waals surface area contributed by atoms with Crippen LogP contribution in [0.15, 0.2) is 24.3 Å². The van der Waals surface area contributed by atoms with Gasteiger partial charge in [-0.05, 0) is 37.2 Å². The molecule has 1 amide bonds. The van der Waals surface area contributed by atoms with Gasteiger partial charge in [0.1, 0.15) is 24.9 Å². The van der Waals surface area contributed by atoms with Gasteiger partial charge in [0.2, 0.25) is 5.91 Å². The van der Waals surface area contributed by atoms with Gasteiger partial charge >= 0.3 is 0 Å². The maximum absolute atomic E-state index is 13.2. The maximum atomic E-state index is 13.2. The summed E-state index contributed by atoms with van der Waals surface area (Å²) in [5, 5.41) is 10.7. The third kappa shape index (κ3) is 5.89. The van der Waals surface area contributed by atoms with Crippen LogP contribution in [0.4, 0.5) is 4.39 Å². The lowest BCUT2D eigenvalue weighted by molar-refractivity contribution is -0.126. The number of aryl methyl sites for hydroxylation is 1. The van der Waals surface area contributed by atoms with Gasteiger partial charge in [0, 0.05) is 13.1 Å². The van der Waals surface area contributed by atoms with Crippen LogP contribution >= 0.6 is 24.8 Å². The van der Waals surface area contributed by atoms with E-state index in [1.807, 2.05) is 10.7 Å². The topological polar surface area (TPSA) is 96.9 Å². The third-order valence-electron chi connectivity index (χ3n) is 4.38. The summed E-state index contributed by atoms with van der Waals surface area (Å²) in [5.41, 5.74) is 3.23. The number of aromatic amines is 1. The van der Waals surface area contributed by atoms with Crippen LogP contribution in [0, 0.1) is 5.82 Å². The minimum atomic E-state index is -0.328. The molecule has 0 bridgehead atoms. The first-order valence-electron chi connectivity index (χ1n) is 8.92. The number of fused-ring (bicyclic) bond motifs is 2. The largest absolute Gasteiger partial charge is 0.364 e. The molecule has 0 saturated heterocycles. The lowest BCUT2D eigenvalue weighted by Crippen LogP contribution is -2.27. The standard InChI is InChI=1S/C18H21FN6O2.2ClH/c19-12-2-3-15-16(6-12)23-17(22-15)10-27-11-18(26)21-8-13-7-14-9-20-4-1-5-25(14)24-13;;/h2-3,6-7,20H,1,4-5,8-11H2,(H,21,26)(H,22,23);2*1H. The highest BCUT2D eigenvalue weighted by atomic mass is 35.5. The zero-order valence-corrected chi connectivity index (χ0v) is 17.2. The Morgan fingerprint density at radius 2 is 2.17 bits per heavy atom. The molecule has 0 unspecified atom stereocenters. The lowest BCUT2D eigenvalue weighted by atomic mass is 10.3. The molecule has 29 heavy (non-hydrogen) atoms. The fourth-order valence-corrected chi connectivity index (χ4v) is 3.09. The Bertz CT molecular complexity index is 938. The number of hydrogen-bond acceptors (Lipinski definition) is 5. The smallest absolute Gasteiger partial charge is 0.246 e. The van der Waals surface area contributed by atoms with Crippen molar-refractivity contribution < 1.29 is 13.9 Å². The van der Waals surface area contributed by atoms with Crippen LogP contribution in [0.2, 0.25) is 0 Å². The van der Waals surface area contributed by atoms with Crippen LogP contribution in [0.1, 0.15) is 23.6 Å². The number of hydrogen-bond donors (Lipinski definition) is 3. The molecule has 0 saturated carbocycles. The molecule has 2 aromatic heterocycles. The van der Waals surface area contributed by atoms with E-state index in [-0.39, 0.29) is 49.8 Å². The van der Waals surface area contributed by atoms with E-state index in [0.29, 0.717) is 23.4 Å². The number of ether oxygens (including phenoxy) is 1. The minimum Gasteiger partial charge on any atom is -0.364 e. The van der Waals surface area contributed by atoms with Gasteiger partial charge in [0.15, 0.2) is 0 Å². The van der Waals surface area contributed by atoms with Gasteiger partial charge in [-0.1, -0.05) is 0 Å². The molecule has 8 nitrogen and oxygen atoms in total. The second-order valence-electron chi connectivity index (χ2n) is 6.49. The Labute approximate surface area is 179 Å². The molecule has 158 valence electrons. The molecule has 0 aliphatic carbocycles. The molecule has 0 radical (unpaired) electrons. The van der Waals surface area contributed by atoms with Crippen LogP contribution in [-0.2, 0) is 35.8 Å². The molecule has 0 spiro atoms. The van der Waals surface area contributed by atoms with Crippen LogP contribution < -0.4 is 10.6 Å². The number of carbonyl (C=O) groups is 1. The van der Waals surface area contributed by atoms with Crippen molar-refractivity contribution in [3.8, 4) is 0 Å². The van der Waals surface area contributed by atoms with Crippen molar-refractivity contribution in [2.45, 2.75) is 32.7 Å². The highest BCUT2D eigenvalue weighted by Crippen LogP contribution is 2.13. The first kappa shape index (κ1) is 23.1. The Morgan fingerprint density at radius 3 is 3.03 bits per heavy atom. The molecule has 3 heterocycles. The number of aromatic nitrogens is 4. The quantitative estimate of drug-likeness (QED) is 0.540. The number of H-pyrrole nitrogens is 1. The van der Waals surface area contributed by atoms with Crippen LogP contribution in [0.5, 0.6) is 0 Å². The molecule has 4 rings (SSSR count). The number of nitrogens with one attached hydrogen (secondary N) is 3. The molecule has 3 N–H and O–H groups in total. The second kappa shape index (κ2) is 10.5. The van der Waals surface area contributed by atoms with Crippen LogP contribution in [0.3, 0.4) is 0 Å². The van der Waals surface area contributed by atoms with Crippen LogP contribution in [0.25, 0.3) is 11.0 Å². The van der Waals surface area contributed by atoms with Gasteiger partial charge in [-0.2, -0.15) is 5.10 Å². The van der Waals surface area contributed by atoms with Crippen molar-refractivity contribution in [2.24, 2.45) is 0 Å². The maximum Gasteiger partial charge on any atom is 0.246 e. The highest BCUT2D eigenvalue weighted by Gasteiger charge is 2.12. The normalized spacial score (nSPS) is 13.1. The fraction of sp³-hybridized carbons (Fsp3) is 0.389. The van der Waals surface area contributed by atoms with Crippen molar-refractivity contribution in [1.29, 1.82) is 0 Å². The molecule has 1 aliphatic heterocycles. The summed E-state index contributed by atoms with van der Waals surface area (Å²) in [4.78, 5) is 19.2. The van der Waals surface area contributed by atoms with E-state index in [1.165, 1.54) is 12.1 Å². The van der Waals surface area contributed by atoms with Gasteiger partial charge in [-0.3, -0.25) is 9.48 Å². The average molecular weight is 445 g/mol. The first-order valence-corrected chi connectivity index (χ1v) is 8.92. The number of rotatable bonds is 6. The second-order valence-corrected chi connectivity index (χ2v) is 6.49. The van der Waals surface area contributed by atoms with Crippen molar-refractivity contribution in [2.75, 3.05) is 13.2 Å². The monoisotopic (exact) mass is 444 g/mol. The van der Waals surface area contributed by atoms with Gasteiger partial charge in [0.05, 0.1) is 29.0 Å². The van der Waals surface area contributed by atoms with E-state index in [9.17, 15) is 9.18 Å². The van der Waals surface area contributed by atoms with Gasteiger partial charge in [0.25, 0.3) is 0 Å². The van der Waals surface area contributed by atoms with E-state index in [0.717, 1.165) is 37.4 Å². The van der Waals surface area contributed by atoms with E-state index in [2.05, 4.69) is 25.7 Å². The van der Waals surface area contributed by atoms with E-state index < -0.39 is 0 Å². The third-order valence-corrected chi connectivity index (χ3v) is 4.38. The molecule has 1 aliphatic rings. The number of amides is 1. The van der Waals surface area contributed by atoms with Crippen LogP contribution in [-0.4, -0.2) is 38.8 Å². The zero-order chi connectivity index (χ0) is 18.6. The van der Waals surface area contributed by atoms with Crippen molar-refractivity contribution >= 4 is 41.8 Å². The van der Waals surface area contributed by atoms with Gasteiger partial charge in [-0.15, -0.1) is 24.8 Å². The summed E-state index contributed by atoms with van der Waals surface area (Å²) in [7, 11) is 0. The summed E-state index contributed by atoms with van der Waals surface area (Å²) in [6, 6.07) is 6.33. The molecule has 3 aromatic rings. The lowest BCUT2D eigenvalue weighted by Gasteiger charge is -2.04. The molecule has 1 aromatic carbocycles. The van der Waals surface area contributed by atoms with E-state index in [4.69, 9.17) is 4.74 Å². The molecule has 0 atom stereocenters. The number of imidazole rings is 1. The van der Waals surface area contributed by atoms with Crippen molar-refractivity contribution in [3.63, 3.8) is 0 Å². The predicted octanol–water partition coefficient (Wildman–Crippen LogP) is 2.07. The number of nitrogens with zero attached hydrogens (tertiary/aromatic N) is 3. The summed E-state index contributed by atoms with van der Waals surface area (Å²) in [5.74, 6) is -0.00224. The number of benzene rings is 1. The van der Waals surface area contributed by atoms with Gasteiger partial charge < -0.3 is 20.4 Å². The Morgan fingerprint density at radius 1 is 1.31 bits per heavy atom. The minimum absolute atomic E-state index is 0. The van der Waals surface area contributed by atoms with Crippen molar-refractivity contribution in [1.82, 2.24) is 30.4 Å². The Kier molecular flexibility index (Phi) is 8.39. The van der Waals surface area contributed by atoms with Crippen molar-refractivity contribution in [3.05, 3.63) is 47.3 Å². The fourth-order valence-electron chi connectivity index (χ4n) is 3.09. The summed E-state index contributed by atoms with van der Waals surface area (Å²) < 4.78 is 20.6. The highest BCUT2D eigenvalue weighted by molar-refractivity contribution is 5.85. The SMILES string of the molecule is Cl.Cl.O=C(COCc1nc2ccc(F)cc2[nH]1)NCc1cc2n(n1)CCCNC2.